The van der Waals surface area contributed by atoms with E-state index in [9.17, 15) is 13.9 Å². The molecule has 2 aliphatic heterocycles. The van der Waals surface area contributed by atoms with Crippen LogP contribution in [0.2, 0.25) is 0 Å². The van der Waals surface area contributed by atoms with E-state index in [-0.39, 0.29) is 18.8 Å². The van der Waals surface area contributed by atoms with Crippen LogP contribution in [0.1, 0.15) is 24.3 Å². The van der Waals surface area contributed by atoms with E-state index in [4.69, 9.17) is 4.74 Å². The number of hydrogen-bond acceptors (Lipinski definition) is 4. The third kappa shape index (κ3) is 2.12. The van der Waals surface area contributed by atoms with Crippen LogP contribution >= 0.6 is 22.9 Å². The maximum atomic E-state index is 13.6. The van der Waals surface area contributed by atoms with Crippen molar-refractivity contribution in [1.82, 2.24) is 8.85 Å². The summed E-state index contributed by atoms with van der Waals surface area (Å²) in [5, 5.41) is 12.9. The quantitative estimate of drug-likeness (QED) is 0.505. The van der Waals surface area contributed by atoms with E-state index < -0.39 is 17.9 Å². The molecule has 0 fully saturated rings. The molecule has 0 aromatic heterocycles. The van der Waals surface area contributed by atoms with Crippen LogP contribution in [0.5, 0.6) is 0 Å². The molecule has 0 aliphatic carbocycles. The van der Waals surface area contributed by atoms with Gasteiger partial charge in [0.2, 0.25) is 0 Å². The summed E-state index contributed by atoms with van der Waals surface area (Å²) in [7, 11) is 0. The van der Waals surface area contributed by atoms with Gasteiger partial charge in [-0.15, -0.1) is 0 Å². The lowest BCUT2D eigenvalue weighted by molar-refractivity contribution is 0.0239. The van der Waals surface area contributed by atoms with Crippen LogP contribution in [0.3, 0.4) is 0 Å². The van der Waals surface area contributed by atoms with Crippen LogP contribution in [0, 0.1) is 17.6 Å². The molecular formula is C13H13F2IN2O2. The Bertz CT molecular complexity index is 594. The van der Waals surface area contributed by atoms with Gasteiger partial charge in [-0.25, -0.2) is 12.3 Å². The molecule has 2 aliphatic rings. The second kappa shape index (κ2) is 5.21. The van der Waals surface area contributed by atoms with Crippen molar-refractivity contribution in [2.45, 2.75) is 19.4 Å². The number of fused-ring (bicyclic) bond motifs is 2. The number of nitrogens with one attached hydrogen (secondary N) is 2. The first-order valence-corrected chi connectivity index (χ1v) is 7.25. The standard InChI is InChI=1S/C13H13F2IN2O2/c1-5-11-6-2-8(14)9(15)3-7(6)12(19)17-10(11)4-20-13(5)18-16/h2-3,5,12-13,17-19H,4H2,1H3/t5-,12?,13+/m0/s1. The highest BCUT2D eigenvalue weighted by Crippen LogP contribution is 2.40. The lowest BCUT2D eigenvalue weighted by atomic mass is 9.84. The van der Waals surface area contributed by atoms with Gasteiger partial charge in [0.25, 0.3) is 0 Å². The molecule has 0 bridgehead atoms. The molecule has 0 saturated carbocycles. The lowest BCUT2D eigenvalue weighted by Crippen LogP contribution is -2.42. The fraction of sp³-hybridized carbons (Fsp3) is 0.385. The number of aliphatic hydroxyl groups is 1. The largest absolute Gasteiger partial charge is 0.369 e. The Morgan fingerprint density at radius 2 is 2.10 bits per heavy atom. The predicted octanol–water partition coefficient (Wildman–Crippen LogP) is 2.20. The van der Waals surface area contributed by atoms with Crippen LogP contribution in [0.25, 0.3) is 5.57 Å². The highest BCUT2D eigenvalue weighted by atomic mass is 127. The number of halogens is 3. The molecule has 0 radical (unpaired) electrons. The van der Waals surface area contributed by atoms with Crippen LogP contribution in [-0.2, 0) is 4.74 Å². The van der Waals surface area contributed by atoms with E-state index in [1.807, 2.05) is 29.8 Å². The molecule has 7 heteroatoms. The molecule has 3 N–H and O–H groups in total. The van der Waals surface area contributed by atoms with E-state index in [0.717, 1.165) is 17.7 Å². The Balaban J connectivity index is 2.16. The molecule has 0 spiro atoms. The summed E-state index contributed by atoms with van der Waals surface area (Å²) in [6.45, 7) is 2.23. The maximum absolute atomic E-state index is 13.6. The minimum Gasteiger partial charge on any atom is -0.369 e. The van der Waals surface area contributed by atoms with E-state index >= 15 is 0 Å². The number of rotatable bonds is 1. The van der Waals surface area contributed by atoms with Crippen molar-refractivity contribution < 1.29 is 18.6 Å². The Morgan fingerprint density at radius 3 is 2.80 bits per heavy atom. The van der Waals surface area contributed by atoms with Crippen molar-refractivity contribution >= 4 is 28.4 Å². The topological polar surface area (TPSA) is 53.5 Å². The van der Waals surface area contributed by atoms with Crippen LogP contribution in [0.4, 0.5) is 8.78 Å². The summed E-state index contributed by atoms with van der Waals surface area (Å²) in [4.78, 5) is 0. The molecule has 3 atom stereocenters. The van der Waals surface area contributed by atoms with Gasteiger partial charge < -0.3 is 15.2 Å². The first kappa shape index (κ1) is 14.2. The summed E-state index contributed by atoms with van der Waals surface area (Å²) >= 11 is 2.00. The predicted molar refractivity (Wildman–Crippen MR) is 77.4 cm³/mol. The third-order valence-corrected chi connectivity index (χ3v) is 4.35. The van der Waals surface area contributed by atoms with Crippen molar-refractivity contribution in [3.05, 3.63) is 40.6 Å². The van der Waals surface area contributed by atoms with E-state index in [1.54, 1.807) is 0 Å². The van der Waals surface area contributed by atoms with Gasteiger partial charge in [-0.05, 0) is 23.3 Å². The Kier molecular flexibility index (Phi) is 3.69. The van der Waals surface area contributed by atoms with Crippen molar-refractivity contribution in [3.8, 4) is 0 Å². The molecule has 108 valence electrons. The molecule has 1 aromatic rings. The Labute approximate surface area is 128 Å². The van der Waals surface area contributed by atoms with E-state index in [2.05, 4.69) is 8.85 Å². The number of benzene rings is 1. The second-order valence-corrected chi connectivity index (χ2v) is 5.54. The highest BCUT2D eigenvalue weighted by molar-refractivity contribution is 14.1. The average Bonchev–Trinajstić information content (AvgIpc) is 2.41. The molecule has 1 unspecified atom stereocenters. The van der Waals surface area contributed by atoms with Gasteiger partial charge in [-0.3, -0.25) is 0 Å². The van der Waals surface area contributed by atoms with Gasteiger partial charge in [0.1, 0.15) is 6.23 Å². The zero-order chi connectivity index (χ0) is 14.4. The van der Waals surface area contributed by atoms with E-state index in [0.29, 0.717) is 16.8 Å². The molecule has 4 nitrogen and oxygen atoms in total. The summed E-state index contributed by atoms with van der Waals surface area (Å²) in [5.74, 6) is -1.93. The monoisotopic (exact) mass is 394 g/mol. The molecule has 2 heterocycles. The SMILES string of the molecule is C[C@H]1C2=C(CO[C@H]1NI)NC(O)c1cc(F)c(F)cc12. The molecule has 3 rings (SSSR count). The number of aliphatic hydroxyl groups excluding tert-OH is 1. The zero-order valence-corrected chi connectivity index (χ0v) is 12.7. The zero-order valence-electron chi connectivity index (χ0n) is 10.6. The van der Waals surface area contributed by atoms with Crippen LogP contribution in [-0.4, -0.2) is 17.9 Å². The number of hydrogen-bond donors (Lipinski definition) is 3. The number of ether oxygens (including phenoxy) is 1. The lowest BCUT2D eigenvalue weighted by Gasteiger charge is -2.38. The Morgan fingerprint density at radius 1 is 1.40 bits per heavy atom. The smallest absolute Gasteiger partial charge is 0.159 e. The van der Waals surface area contributed by atoms with Crippen molar-refractivity contribution in [2.75, 3.05) is 6.61 Å². The van der Waals surface area contributed by atoms with Crippen molar-refractivity contribution in [1.29, 1.82) is 0 Å². The van der Waals surface area contributed by atoms with Gasteiger partial charge in [0.15, 0.2) is 17.9 Å². The fourth-order valence-electron chi connectivity index (χ4n) is 2.74. The highest BCUT2D eigenvalue weighted by Gasteiger charge is 2.36. The summed E-state index contributed by atoms with van der Waals surface area (Å²) in [6.07, 6.45) is -1.27. The van der Waals surface area contributed by atoms with Crippen molar-refractivity contribution in [3.63, 3.8) is 0 Å². The van der Waals surface area contributed by atoms with Gasteiger partial charge >= 0.3 is 0 Å². The van der Waals surface area contributed by atoms with Crippen LogP contribution in [0.15, 0.2) is 17.8 Å². The minimum absolute atomic E-state index is 0.0562. The normalized spacial score (nSPS) is 28.8. The molecule has 0 saturated heterocycles. The van der Waals surface area contributed by atoms with Gasteiger partial charge in [-0.1, -0.05) is 6.92 Å². The molecule has 1 aromatic carbocycles. The first-order valence-electron chi connectivity index (χ1n) is 6.17. The van der Waals surface area contributed by atoms with Gasteiger partial charge in [0.05, 0.1) is 6.61 Å². The van der Waals surface area contributed by atoms with Crippen LogP contribution < -0.4 is 8.85 Å². The second-order valence-electron chi connectivity index (χ2n) is 4.92. The first-order chi connectivity index (χ1) is 9.52. The maximum Gasteiger partial charge on any atom is 0.159 e. The van der Waals surface area contributed by atoms with Crippen molar-refractivity contribution in [2.24, 2.45) is 5.92 Å². The Hall–Kier alpha value is -0.770. The average molecular weight is 394 g/mol. The summed E-state index contributed by atoms with van der Waals surface area (Å²) < 4.78 is 35.5. The molecular weight excluding hydrogens is 381 g/mol. The van der Waals surface area contributed by atoms with Gasteiger partial charge in [0, 0.05) is 40.0 Å². The molecule has 0 amide bonds. The summed E-state index contributed by atoms with van der Waals surface area (Å²) in [5.41, 5.74) is 2.46. The third-order valence-electron chi connectivity index (χ3n) is 3.74. The van der Waals surface area contributed by atoms with Gasteiger partial charge in [-0.2, -0.15) is 0 Å². The van der Waals surface area contributed by atoms with E-state index in [1.165, 1.54) is 0 Å². The summed E-state index contributed by atoms with van der Waals surface area (Å²) in [6, 6.07) is 2.19. The molecule has 20 heavy (non-hydrogen) atoms. The fourth-order valence-corrected chi connectivity index (χ4v) is 3.46. The minimum atomic E-state index is -1.06.